The van der Waals surface area contributed by atoms with Crippen molar-refractivity contribution >= 4 is 24.1 Å². The van der Waals surface area contributed by atoms with Crippen LogP contribution in [0.5, 0.6) is 0 Å². The lowest BCUT2D eigenvalue weighted by atomic mass is 10.1. The fourth-order valence-electron chi connectivity index (χ4n) is 3.86. The first-order chi connectivity index (χ1) is 12.5. The lowest BCUT2D eigenvalue weighted by molar-refractivity contribution is -0.141. The third-order valence-corrected chi connectivity index (χ3v) is 5.20. The second kappa shape index (κ2) is 9.51. The maximum Gasteiger partial charge on any atom is 0.243 e. The van der Waals surface area contributed by atoms with Crippen LogP contribution in [-0.2, 0) is 14.4 Å². The Labute approximate surface area is 153 Å². The van der Waals surface area contributed by atoms with Crippen LogP contribution in [0.3, 0.4) is 0 Å². The number of hydrogen-bond acceptors (Lipinski definition) is 5. The van der Waals surface area contributed by atoms with Gasteiger partial charge in [-0.25, -0.2) is 0 Å². The highest BCUT2D eigenvalue weighted by molar-refractivity contribution is 5.91. The Morgan fingerprint density at radius 3 is 2.77 bits per heavy atom. The number of carbonyl (C=O) groups is 3. The molecule has 0 aliphatic carbocycles. The fraction of sp³-hybridized carbons (Fsp3) is 0.765. The average molecular weight is 366 g/mol. The molecule has 26 heavy (non-hydrogen) atoms. The highest BCUT2D eigenvalue weighted by Crippen LogP contribution is 2.31. The van der Waals surface area contributed by atoms with Crippen molar-refractivity contribution in [2.45, 2.75) is 69.1 Å². The summed E-state index contributed by atoms with van der Waals surface area (Å²) in [5, 5.41) is 5.82. The van der Waals surface area contributed by atoms with E-state index in [1.54, 1.807) is 11.9 Å². The Morgan fingerprint density at radius 2 is 2.12 bits per heavy atom. The third-order valence-electron chi connectivity index (χ3n) is 5.20. The Kier molecular flexibility index (Phi) is 7.38. The van der Waals surface area contributed by atoms with Crippen LogP contribution in [0.25, 0.3) is 0 Å². The van der Waals surface area contributed by atoms with E-state index in [0.717, 1.165) is 32.0 Å². The number of aldehydes is 1. The van der Waals surface area contributed by atoms with Crippen molar-refractivity contribution in [3.8, 4) is 0 Å². The van der Waals surface area contributed by atoms with Crippen molar-refractivity contribution in [2.75, 3.05) is 13.6 Å². The lowest BCUT2D eigenvalue weighted by Gasteiger charge is -2.30. The largest absolute Gasteiger partial charge is 0.370 e. The zero-order valence-electron chi connectivity index (χ0n) is 15.3. The smallest absolute Gasteiger partial charge is 0.243 e. The minimum Gasteiger partial charge on any atom is -0.370 e. The van der Waals surface area contributed by atoms with Gasteiger partial charge in [0, 0.05) is 12.6 Å². The Morgan fingerprint density at radius 1 is 1.35 bits per heavy atom. The van der Waals surface area contributed by atoms with Crippen molar-refractivity contribution in [1.29, 1.82) is 0 Å². The molecule has 1 unspecified atom stereocenters. The number of rotatable bonds is 8. The summed E-state index contributed by atoms with van der Waals surface area (Å²) in [5.41, 5.74) is 10.5. The topological polar surface area (TPSA) is 143 Å². The van der Waals surface area contributed by atoms with Gasteiger partial charge in [-0.3, -0.25) is 14.6 Å². The van der Waals surface area contributed by atoms with Crippen LogP contribution in [-0.4, -0.2) is 66.7 Å². The zero-order chi connectivity index (χ0) is 19.1. The molecular weight excluding hydrogens is 336 g/mol. The summed E-state index contributed by atoms with van der Waals surface area (Å²) in [6, 6.07) is -1.22. The van der Waals surface area contributed by atoms with Crippen molar-refractivity contribution in [2.24, 2.45) is 16.5 Å². The number of fused-ring (bicyclic) bond motifs is 1. The maximum absolute atomic E-state index is 12.8. The normalized spacial score (nSPS) is 26.6. The maximum atomic E-state index is 12.8. The molecule has 146 valence electrons. The van der Waals surface area contributed by atoms with E-state index < -0.39 is 12.1 Å². The number of carbonyl (C=O) groups excluding carboxylic acids is 3. The van der Waals surface area contributed by atoms with E-state index in [4.69, 9.17) is 11.5 Å². The van der Waals surface area contributed by atoms with E-state index in [9.17, 15) is 14.4 Å². The third kappa shape index (κ3) is 4.94. The SMILES string of the molecule is CN[C@H]1CCC[C@H]2CC[C@@H](C(=O)NC(C=O)CCCN=C(N)N)N2C1=O. The van der Waals surface area contributed by atoms with Crippen molar-refractivity contribution in [3.63, 3.8) is 0 Å². The molecule has 0 bridgehead atoms. The van der Waals surface area contributed by atoms with E-state index in [1.165, 1.54) is 0 Å². The summed E-state index contributed by atoms with van der Waals surface area (Å²) < 4.78 is 0. The molecule has 2 amide bonds. The van der Waals surface area contributed by atoms with E-state index in [0.29, 0.717) is 25.8 Å². The number of likely N-dealkylation sites (N-methyl/N-ethyl adjacent to an activating group) is 1. The first-order valence-corrected chi connectivity index (χ1v) is 9.28. The van der Waals surface area contributed by atoms with E-state index >= 15 is 0 Å². The lowest BCUT2D eigenvalue weighted by Crippen LogP contribution is -2.54. The molecule has 9 nitrogen and oxygen atoms in total. The van der Waals surface area contributed by atoms with Crippen LogP contribution in [0.4, 0.5) is 0 Å². The van der Waals surface area contributed by atoms with Crippen LogP contribution < -0.4 is 22.1 Å². The summed E-state index contributed by atoms with van der Waals surface area (Å²) in [5.74, 6) is -0.257. The van der Waals surface area contributed by atoms with E-state index in [-0.39, 0.29) is 29.9 Å². The van der Waals surface area contributed by atoms with E-state index in [2.05, 4.69) is 15.6 Å². The molecule has 0 saturated carbocycles. The molecule has 2 aliphatic heterocycles. The van der Waals surface area contributed by atoms with Crippen LogP contribution in [0, 0.1) is 0 Å². The highest BCUT2D eigenvalue weighted by atomic mass is 16.2. The van der Waals surface area contributed by atoms with Crippen molar-refractivity contribution < 1.29 is 14.4 Å². The number of nitrogens with one attached hydrogen (secondary N) is 2. The molecule has 4 atom stereocenters. The Hall–Kier alpha value is -2.16. The van der Waals surface area contributed by atoms with Crippen LogP contribution in [0.15, 0.2) is 4.99 Å². The van der Waals surface area contributed by atoms with Gasteiger partial charge < -0.3 is 31.8 Å². The standard InChI is InChI=1S/C17H30N6O3/c1-20-13-6-2-5-12-7-8-14(23(12)16(13)26)15(25)22-11(10-24)4-3-9-21-17(18)19/h10-14,20H,2-9H2,1H3,(H,22,25)(H4,18,19,21)/t11?,12-,13-,14-/m0/s1. The Bertz CT molecular complexity index is 549. The van der Waals surface area contributed by atoms with Crippen molar-refractivity contribution in [1.82, 2.24) is 15.5 Å². The van der Waals surface area contributed by atoms with Gasteiger partial charge in [0.2, 0.25) is 11.8 Å². The van der Waals surface area contributed by atoms with E-state index in [1.807, 2.05) is 0 Å². The first-order valence-electron chi connectivity index (χ1n) is 9.28. The Balaban J connectivity index is 1.95. The van der Waals surface area contributed by atoms with Gasteiger partial charge in [-0.15, -0.1) is 0 Å². The van der Waals surface area contributed by atoms with Gasteiger partial charge >= 0.3 is 0 Å². The second-order valence-corrected chi connectivity index (χ2v) is 6.96. The van der Waals surface area contributed by atoms with Gasteiger partial charge in [-0.2, -0.15) is 0 Å². The molecule has 0 spiro atoms. The number of hydrogen-bond donors (Lipinski definition) is 4. The zero-order valence-corrected chi connectivity index (χ0v) is 15.3. The molecule has 0 aromatic heterocycles. The average Bonchev–Trinajstić information content (AvgIpc) is 2.97. The molecule has 0 aromatic rings. The highest BCUT2D eigenvalue weighted by Gasteiger charge is 2.44. The minimum atomic E-state index is -0.599. The molecule has 2 heterocycles. The summed E-state index contributed by atoms with van der Waals surface area (Å²) in [6.07, 6.45) is 5.90. The van der Waals surface area contributed by atoms with Gasteiger partial charge in [0.25, 0.3) is 0 Å². The predicted molar refractivity (Wildman–Crippen MR) is 98.3 cm³/mol. The molecule has 0 radical (unpaired) electrons. The molecule has 0 aromatic carbocycles. The van der Waals surface area contributed by atoms with Crippen molar-refractivity contribution in [3.05, 3.63) is 0 Å². The number of amides is 2. The second-order valence-electron chi connectivity index (χ2n) is 6.96. The van der Waals surface area contributed by atoms with Crippen LogP contribution in [0.2, 0.25) is 0 Å². The number of nitrogens with zero attached hydrogens (tertiary/aromatic N) is 2. The van der Waals surface area contributed by atoms with Gasteiger partial charge in [-0.05, 0) is 52.0 Å². The fourth-order valence-corrected chi connectivity index (χ4v) is 3.86. The van der Waals surface area contributed by atoms with Gasteiger partial charge in [0.05, 0.1) is 12.1 Å². The van der Waals surface area contributed by atoms with Gasteiger partial charge in [0.1, 0.15) is 12.3 Å². The number of guanidine groups is 1. The monoisotopic (exact) mass is 366 g/mol. The molecular formula is C17H30N6O3. The summed E-state index contributed by atoms with van der Waals surface area (Å²) >= 11 is 0. The molecule has 2 fully saturated rings. The summed E-state index contributed by atoms with van der Waals surface area (Å²) in [4.78, 5) is 42.4. The van der Waals surface area contributed by atoms with Gasteiger partial charge in [0.15, 0.2) is 5.96 Å². The predicted octanol–water partition coefficient (Wildman–Crippen LogP) is -1.14. The minimum absolute atomic E-state index is 0.00690. The van der Waals surface area contributed by atoms with Crippen LogP contribution in [0.1, 0.15) is 44.9 Å². The van der Waals surface area contributed by atoms with Gasteiger partial charge in [-0.1, -0.05) is 0 Å². The number of aliphatic imine (C=N–C) groups is 1. The summed E-state index contributed by atoms with van der Waals surface area (Å²) in [7, 11) is 1.77. The molecule has 2 rings (SSSR count). The van der Waals surface area contributed by atoms with Crippen LogP contribution >= 0.6 is 0 Å². The number of nitrogens with two attached hydrogens (primary N) is 2. The summed E-state index contributed by atoms with van der Waals surface area (Å²) in [6.45, 7) is 0.405. The quantitative estimate of drug-likeness (QED) is 0.185. The molecule has 6 N–H and O–H groups in total. The molecule has 9 heteroatoms. The molecule has 2 saturated heterocycles. The molecule has 2 aliphatic rings. The first kappa shape index (κ1) is 20.2.